The van der Waals surface area contributed by atoms with Gasteiger partial charge < -0.3 is 4.74 Å². The third kappa shape index (κ3) is 20.0. The Labute approximate surface area is 236 Å². The minimum Gasteiger partial charge on any atom is -0.466 e. The molecule has 0 unspecified atom stereocenters. The molecule has 0 amide bonds. The zero-order valence-electron chi connectivity index (χ0n) is 27.9. The van der Waals surface area contributed by atoms with E-state index in [1.165, 1.54) is 38.5 Å². The van der Waals surface area contributed by atoms with Gasteiger partial charge in [-0.15, -0.1) is 0 Å². The Hall–Kier alpha value is -1.98. The number of carbonyl (C=O) groups excluding carboxylic acids is 2. The maximum Gasteiger partial charge on any atom is 0.305 e. The predicted octanol–water partition coefficient (Wildman–Crippen LogP) is 9.66. The molecule has 0 aromatic carbocycles. The molecule has 1 rings (SSSR count). The number of rotatable bonds is 10. The topological polar surface area (TPSA) is 73.6 Å². The van der Waals surface area contributed by atoms with Gasteiger partial charge in [0.1, 0.15) is 11.4 Å². The first-order valence-corrected chi connectivity index (χ1v) is 14.8. The van der Waals surface area contributed by atoms with Crippen LogP contribution in [-0.4, -0.2) is 33.9 Å². The Morgan fingerprint density at radius 2 is 1.39 bits per heavy atom. The lowest BCUT2D eigenvalue weighted by Gasteiger charge is -2.16. The minimum absolute atomic E-state index is 0.00417. The third-order valence-electron chi connectivity index (χ3n) is 5.78. The van der Waals surface area contributed by atoms with Gasteiger partial charge in [0.25, 0.3) is 0 Å². The highest BCUT2D eigenvalue weighted by Gasteiger charge is 2.27. The van der Waals surface area contributed by atoms with Crippen LogP contribution < -0.4 is 0 Å². The molecule has 0 aliphatic rings. The first-order valence-electron chi connectivity index (χ1n) is 14.8. The summed E-state index contributed by atoms with van der Waals surface area (Å²) < 4.78 is 6.18. The fourth-order valence-corrected chi connectivity index (χ4v) is 3.37. The summed E-state index contributed by atoms with van der Waals surface area (Å²) in [5.41, 5.74) is 2.96. The molecule has 0 fully saturated rings. The highest BCUT2D eigenvalue weighted by atomic mass is 16.5. The van der Waals surface area contributed by atoms with Gasteiger partial charge in [-0.05, 0) is 32.6 Å². The van der Waals surface area contributed by atoms with Gasteiger partial charge in [0.15, 0.2) is 5.78 Å². The van der Waals surface area contributed by atoms with Gasteiger partial charge in [0.2, 0.25) is 0 Å². The van der Waals surface area contributed by atoms with Gasteiger partial charge in [-0.25, -0.2) is 0 Å². The summed E-state index contributed by atoms with van der Waals surface area (Å²) in [6.45, 7) is 29.2. The van der Waals surface area contributed by atoms with Gasteiger partial charge in [-0.2, -0.15) is 5.10 Å². The molecule has 1 aromatic rings. The van der Waals surface area contributed by atoms with Crippen LogP contribution in [0.25, 0.3) is 0 Å². The molecule has 0 aliphatic heterocycles. The Kier molecular flexibility index (Phi) is 24.5. The number of hydrogen-bond acceptors (Lipinski definition) is 5. The molecule has 0 radical (unpaired) electrons. The number of esters is 1. The lowest BCUT2D eigenvalue weighted by Crippen LogP contribution is -2.12. The van der Waals surface area contributed by atoms with Crippen LogP contribution in [0.1, 0.15) is 158 Å². The van der Waals surface area contributed by atoms with E-state index in [0.29, 0.717) is 24.4 Å². The van der Waals surface area contributed by atoms with E-state index in [1.54, 1.807) is 32.5 Å². The summed E-state index contributed by atoms with van der Waals surface area (Å²) in [7, 11) is 1.79. The smallest absolute Gasteiger partial charge is 0.305 e. The summed E-state index contributed by atoms with van der Waals surface area (Å²) in [5.74, 6) is 1.77. The van der Waals surface area contributed by atoms with Crippen molar-refractivity contribution in [2.75, 3.05) is 6.61 Å². The molecule has 6 nitrogen and oxygen atoms in total. The summed E-state index contributed by atoms with van der Waals surface area (Å²) in [6, 6.07) is 0. The number of Topliss-reactive ketones (excluding diaryl/α,β-unsaturated/α-hetero) is 1. The van der Waals surface area contributed by atoms with E-state index in [2.05, 4.69) is 77.1 Å². The Bertz CT molecular complexity index is 777. The van der Waals surface area contributed by atoms with Crippen molar-refractivity contribution in [3.8, 4) is 0 Å². The molecule has 0 bridgehead atoms. The minimum atomic E-state index is -0.125. The molecule has 0 spiro atoms. The summed E-state index contributed by atoms with van der Waals surface area (Å²) in [6.07, 6.45) is 8.75. The predicted molar refractivity (Wildman–Crippen MR) is 166 cm³/mol. The molecular weight excluding hydrogens is 474 g/mol. The van der Waals surface area contributed by atoms with Crippen LogP contribution >= 0.6 is 0 Å². The number of aliphatic imine (C=N–C) groups is 1. The van der Waals surface area contributed by atoms with Gasteiger partial charge in [-0.1, -0.05) is 108 Å². The maximum atomic E-state index is 11.7. The van der Waals surface area contributed by atoms with Crippen molar-refractivity contribution in [2.45, 2.75) is 147 Å². The quantitative estimate of drug-likeness (QED) is 0.169. The average molecular weight is 538 g/mol. The van der Waals surface area contributed by atoms with E-state index in [-0.39, 0.29) is 17.2 Å². The van der Waals surface area contributed by atoms with Crippen molar-refractivity contribution in [1.29, 1.82) is 0 Å². The van der Waals surface area contributed by atoms with Crippen LogP contribution in [-0.2, 0) is 22.0 Å². The Morgan fingerprint density at radius 3 is 1.63 bits per heavy atom. The van der Waals surface area contributed by atoms with Crippen molar-refractivity contribution < 1.29 is 14.3 Å². The Morgan fingerprint density at radius 1 is 0.921 bits per heavy atom. The van der Waals surface area contributed by atoms with E-state index in [9.17, 15) is 9.59 Å². The lowest BCUT2D eigenvalue weighted by molar-refractivity contribution is -0.142. The number of ether oxygens (including phenoxy) is 1. The summed E-state index contributed by atoms with van der Waals surface area (Å²) >= 11 is 0. The number of aryl methyl sites for hydroxylation is 1. The maximum absolute atomic E-state index is 11.7. The molecule has 0 aliphatic carbocycles. The zero-order valence-corrected chi connectivity index (χ0v) is 27.9. The van der Waals surface area contributed by atoms with Gasteiger partial charge >= 0.3 is 5.97 Å². The van der Waals surface area contributed by atoms with Crippen LogP contribution in [0, 0.1) is 11.8 Å². The molecule has 0 saturated heterocycles. The second kappa shape index (κ2) is 23.0. The summed E-state index contributed by atoms with van der Waals surface area (Å²) in [4.78, 5) is 26.3. The zero-order chi connectivity index (χ0) is 30.5. The van der Waals surface area contributed by atoms with Crippen LogP contribution in [0.15, 0.2) is 4.99 Å². The molecule has 1 aromatic heterocycles. The number of aromatic nitrogens is 2. The number of carbonyl (C=O) groups is 2. The molecule has 224 valence electrons. The average Bonchev–Trinajstić information content (AvgIpc) is 3.16. The first-order chi connectivity index (χ1) is 17.6. The highest BCUT2D eigenvalue weighted by Crippen LogP contribution is 2.33. The molecular formula is C32H63N3O3. The largest absolute Gasteiger partial charge is 0.466 e. The lowest BCUT2D eigenvalue weighted by atomic mass is 9.90. The molecule has 0 atom stereocenters. The van der Waals surface area contributed by atoms with E-state index in [4.69, 9.17) is 0 Å². The second-order valence-electron chi connectivity index (χ2n) is 11.3. The monoisotopic (exact) mass is 537 g/mol. The number of nitrogens with zero attached hydrogens (tertiary/aromatic N) is 3. The van der Waals surface area contributed by atoms with Crippen molar-refractivity contribution in [3.05, 3.63) is 11.4 Å². The number of ketones is 1. The van der Waals surface area contributed by atoms with Crippen LogP contribution in [0.4, 0.5) is 5.69 Å². The van der Waals surface area contributed by atoms with Crippen molar-refractivity contribution in [1.82, 2.24) is 9.78 Å². The standard InChI is InChI=1S/C13H21N3O.C9H20.C5H10O2.C5H12/c1-8(2)14-10-11(9(3)17)16(7)15-12(10)13(4,5)6;1-4-7-9(6-3)8-5-2;1-3-5(6)7-4-2;1-4-5(2)3/h1-7H3;9H,4-8H2,1-3H3;3-4H2,1-2H3;5H,4H2,1-3H3. The van der Waals surface area contributed by atoms with Gasteiger partial charge in [-0.3, -0.25) is 19.3 Å². The fourth-order valence-electron chi connectivity index (χ4n) is 3.37. The normalized spacial score (nSPS) is 10.4. The molecule has 1 heterocycles. The van der Waals surface area contributed by atoms with E-state index in [0.717, 1.165) is 23.2 Å². The number of hydrogen-bond donors (Lipinski definition) is 0. The second-order valence-corrected chi connectivity index (χ2v) is 11.3. The Balaban J connectivity index is -0.000000490. The van der Waals surface area contributed by atoms with Gasteiger partial charge in [0.05, 0.1) is 12.3 Å². The van der Waals surface area contributed by atoms with Crippen LogP contribution in [0.2, 0.25) is 0 Å². The summed E-state index contributed by atoms with van der Waals surface area (Å²) in [5, 5.41) is 4.44. The fraction of sp³-hybridized carbons (Fsp3) is 0.812. The third-order valence-corrected chi connectivity index (χ3v) is 5.78. The van der Waals surface area contributed by atoms with Gasteiger partial charge in [0, 0.05) is 31.5 Å². The molecule has 6 heteroatoms. The SMILES string of the molecule is CC(=O)c1c(N=C(C)C)c(C(C)(C)C)nn1C.CCC(C)C.CCCC(CC)CCC.CCOC(=O)CC. The van der Waals surface area contributed by atoms with Crippen LogP contribution in [0.5, 0.6) is 0 Å². The van der Waals surface area contributed by atoms with Crippen LogP contribution in [0.3, 0.4) is 0 Å². The van der Waals surface area contributed by atoms with E-state index < -0.39 is 0 Å². The van der Waals surface area contributed by atoms with Crippen molar-refractivity contribution >= 4 is 23.2 Å². The molecule has 38 heavy (non-hydrogen) atoms. The van der Waals surface area contributed by atoms with Crippen molar-refractivity contribution in [2.24, 2.45) is 23.9 Å². The molecule has 0 N–H and O–H groups in total. The van der Waals surface area contributed by atoms with E-state index in [1.807, 2.05) is 13.8 Å². The van der Waals surface area contributed by atoms with E-state index >= 15 is 0 Å². The van der Waals surface area contributed by atoms with Crippen molar-refractivity contribution in [3.63, 3.8) is 0 Å². The highest BCUT2D eigenvalue weighted by molar-refractivity contribution is 5.99. The first kappa shape index (κ1) is 40.5. The molecule has 0 saturated carbocycles.